The molecule has 0 aromatic carbocycles. The van der Waals surface area contributed by atoms with Crippen molar-refractivity contribution < 1.29 is 17.6 Å². The molecule has 2 rings (SSSR count). The molecule has 1 amide bonds. The fourth-order valence-electron chi connectivity index (χ4n) is 2.20. The van der Waals surface area contributed by atoms with Gasteiger partial charge >= 0.3 is 0 Å². The Kier molecular flexibility index (Phi) is 4.58. The van der Waals surface area contributed by atoms with Crippen LogP contribution >= 0.6 is 0 Å². The molecule has 0 spiro atoms. The van der Waals surface area contributed by atoms with Gasteiger partial charge in [-0.1, -0.05) is 13.8 Å². The number of carbonyl (C=O) groups is 1. The van der Waals surface area contributed by atoms with Gasteiger partial charge in [0.05, 0.1) is 0 Å². The Morgan fingerprint density at radius 2 is 1.90 bits per heavy atom. The zero-order chi connectivity index (χ0) is 15.6. The van der Waals surface area contributed by atoms with Crippen molar-refractivity contribution in [2.45, 2.75) is 18.9 Å². The smallest absolute Gasteiger partial charge is 0.263 e. The Hall–Kier alpha value is -1.54. The van der Waals surface area contributed by atoms with E-state index in [9.17, 15) is 17.6 Å². The summed E-state index contributed by atoms with van der Waals surface area (Å²) >= 11 is 0. The SMILES string of the molecule is CC(C)C(=O)N1CCN(S(=O)(=O)c2ncccc2F)CC1. The first-order valence-corrected chi connectivity index (χ1v) is 8.17. The van der Waals surface area contributed by atoms with Crippen LogP contribution in [0.2, 0.25) is 0 Å². The maximum absolute atomic E-state index is 13.6. The minimum Gasteiger partial charge on any atom is -0.340 e. The average Bonchev–Trinajstić information content (AvgIpc) is 2.46. The molecule has 6 nitrogen and oxygen atoms in total. The highest BCUT2D eigenvalue weighted by Crippen LogP contribution is 2.18. The summed E-state index contributed by atoms with van der Waals surface area (Å²) in [7, 11) is -3.95. The van der Waals surface area contributed by atoms with E-state index < -0.39 is 20.9 Å². The van der Waals surface area contributed by atoms with Crippen molar-refractivity contribution >= 4 is 15.9 Å². The second kappa shape index (κ2) is 6.07. The van der Waals surface area contributed by atoms with Gasteiger partial charge in [-0.2, -0.15) is 4.31 Å². The molecule has 116 valence electrons. The monoisotopic (exact) mass is 315 g/mol. The number of piperazine rings is 1. The van der Waals surface area contributed by atoms with Crippen LogP contribution in [0.1, 0.15) is 13.8 Å². The number of rotatable bonds is 3. The Labute approximate surface area is 123 Å². The largest absolute Gasteiger partial charge is 0.340 e. The normalized spacial score (nSPS) is 17.2. The first-order valence-electron chi connectivity index (χ1n) is 6.73. The molecule has 0 N–H and O–H groups in total. The summed E-state index contributed by atoms with van der Waals surface area (Å²) in [5.41, 5.74) is 0. The number of carbonyl (C=O) groups excluding carboxylic acids is 1. The predicted molar refractivity (Wildman–Crippen MR) is 74.4 cm³/mol. The van der Waals surface area contributed by atoms with Crippen molar-refractivity contribution in [3.05, 3.63) is 24.1 Å². The molecule has 0 aliphatic carbocycles. The molecule has 1 aliphatic heterocycles. The maximum Gasteiger partial charge on any atom is 0.263 e. The van der Waals surface area contributed by atoms with Crippen LogP contribution in [-0.4, -0.2) is 54.7 Å². The lowest BCUT2D eigenvalue weighted by Crippen LogP contribution is -2.51. The van der Waals surface area contributed by atoms with Gasteiger partial charge < -0.3 is 4.90 Å². The molecule has 0 unspecified atom stereocenters. The van der Waals surface area contributed by atoms with Crippen molar-refractivity contribution in [3.63, 3.8) is 0 Å². The van der Waals surface area contributed by atoms with E-state index in [-0.39, 0.29) is 24.9 Å². The molecule has 0 bridgehead atoms. The number of pyridine rings is 1. The highest BCUT2D eigenvalue weighted by Gasteiger charge is 2.33. The third kappa shape index (κ3) is 3.21. The second-order valence-corrected chi connectivity index (χ2v) is 7.03. The van der Waals surface area contributed by atoms with Crippen LogP contribution < -0.4 is 0 Å². The quantitative estimate of drug-likeness (QED) is 0.823. The summed E-state index contributed by atoms with van der Waals surface area (Å²) in [6, 6.07) is 2.41. The van der Waals surface area contributed by atoms with Gasteiger partial charge in [0.15, 0.2) is 5.82 Å². The third-order valence-corrected chi connectivity index (χ3v) is 5.19. The molecule has 21 heavy (non-hydrogen) atoms. The van der Waals surface area contributed by atoms with Crippen molar-refractivity contribution in [2.75, 3.05) is 26.2 Å². The standard InChI is InChI=1S/C13H18FN3O3S/c1-10(2)13(18)16-6-8-17(9-7-16)21(19,20)12-11(14)4-3-5-15-12/h3-5,10H,6-9H2,1-2H3. The van der Waals surface area contributed by atoms with Gasteiger partial charge in [0.1, 0.15) is 0 Å². The number of hydrogen-bond donors (Lipinski definition) is 0. The lowest BCUT2D eigenvalue weighted by atomic mass is 10.2. The fourth-order valence-corrected chi connectivity index (χ4v) is 3.59. The molecule has 1 saturated heterocycles. The zero-order valence-corrected chi connectivity index (χ0v) is 12.8. The molecule has 1 aliphatic rings. The van der Waals surface area contributed by atoms with Gasteiger partial charge in [-0.25, -0.2) is 17.8 Å². The van der Waals surface area contributed by atoms with Crippen LogP contribution in [0.15, 0.2) is 23.4 Å². The van der Waals surface area contributed by atoms with E-state index in [1.807, 2.05) is 0 Å². The molecular formula is C13H18FN3O3S. The predicted octanol–water partition coefficient (Wildman–Crippen LogP) is 0.710. The molecule has 1 aromatic rings. The van der Waals surface area contributed by atoms with Gasteiger partial charge in [0, 0.05) is 38.3 Å². The van der Waals surface area contributed by atoms with Crippen LogP contribution in [0.3, 0.4) is 0 Å². The van der Waals surface area contributed by atoms with Gasteiger partial charge in [-0.3, -0.25) is 4.79 Å². The number of amides is 1. The minimum atomic E-state index is -3.95. The summed E-state index contributed by atoms with van der Waals surface area (Å²) in [6.45, 7) is 4.52. The summed E-state index contributed by atoms with van der Waals surface area (Å²) in [5.74, 6) is -0.990. The highest BCUT2D eigenvalue weighted by molar-refractivity contribution is 7.89. The lowest BCUT2D eigenvalue weighted by Gasteiger charge is -2.34. The van der Waals surface area contributed by atoms with Crippen LogP contribution in [0.5, 0.6) is 0 Å². The van der Waals surface area contributed by atoms with Crippen LogP contribution in [-0.2, 0) is 14.8 Å². The number of nitrogens with zero attached hydrogens (tertiary/aromatic N) is 3. The summed E-state index contributed by atoms with van der Waals surface area (Å²) in [4.78, 5) is 17.1. The van der Waals surface area contributed by atoms with Gasteiger partial charge in [0.2, 0.25) is 10.9 Å². The molecule has 1 aromatic heterocycles. The first-order chi connectivity index (χ1) is 9.84. The Morgan fingerprint density at radius 1 is 1.29 bits per heavy atom. The van der Waals surface area contributed by atoms with E-state index in [0.717, 1.165) is 6.07 Å². The molecule has 0 atom stereocenters. The van der Waals surface area contributed by atoms with Crippen molar-refractivity contribution in [3.8, 4) is 0 Å². The number of sulfonamides is 1. The van der Waals surface area contributed by atoms with E-state index in [1.165, 1.54) is 16.6 Å². The first kappa shape index (κ1) is 15.8. The van der Waals surface area contributed by atoms with E-state index in [0.29, 0.717) is 13.1 Å². The van der Waals surface area contributed by atoms with Gasteiger partial charge in [0.25, 0.3) is 10.0 Å². The summed E-state index contributed by atoms with van der Waals surface area (Å²) in [6.07, 6.45) is 1.24. The molecule has 8 heteroatoms. The third-order valence-electron chi connectivity index (χ3n) is 3.35. The zero-order valence-electron chi connectivity index (χ0n) is 12.0. The van der Waals surface area contributed by atoms with E-state index in [4.69, 9.17) is 0 Å². The van der Waals surface area contributed by atoms with E-state index >= 15 is 0 Å². The second-order valence-electron chi connectivity index (χ2n) is 5.17. The molecule has 0 radical (unpaired) electrons. The Balaban J connectivity index is 2.12. The molecule has 1 fully saturated rings. The molecule has 0 saturated carbocycles. The van der Waals surface area contributed by atoms with Crippen molar-refractivity contribution in [1.82, 2.24) is 14.2 Å². The van der Waals surface area contributed by atoms with Crippen molar-refractivity contribution in [2.24, 2.45) is 5.92 Å². The van der Waals surface area contributed by atoms with Crippen LogP contribution in [0.25, 0.3) is 0 Å². The average molecular weight is 315 g/mol. The molecule has 2 heterocycles. The van der Waals surface area contributed by atoms with E-state index in [1.54, 1.807) is 18.7 Å². The summed E-state index contributed by atoms with van der Waals surface area (Å²) < 4.78 is 39.5. The van der Waals surface area contributed by atoms with Crippen molar-refractivity contribution in [1.29, 1.82) is 0 Å². The lowest BCUT2D eigenvalue weighted by molar-refractivity contribution is -0.135. The van der Waals surface area contributed by atoms with Gasteiger partial charge in [-0.05, 0) is 12.1 Å². The minimum absolute atomic E-state index is 0.00364. The number of hydrogen-bond acceptors (Lipinski definition) is 4. The van der Waals surface area contributed by atoms with Crippen LogP contribution in [0, 0.1) is 11.7 Å². The topological polar surface area (TPSA) is 70.6 Å². The Bertz CT molecular complexity index is 625. The maximum atomic E-state index is 13.6. The molecular weight excluding hydrogens is 297 g/mol. The summed E-state index contributed by atoms with van der Waals surface area (Å²) in [5, 5.41) is -0.561. The number of aromatic nitrogens is 1. The number of halogens is 1. The van der Waals surface area contributed by atoms with E-state index in [2.05, 4.69) is 4.98 Å². The van der Waals surface area contributed by atoms with Crippen LogP contribution in [0.4, 0.5) is 4.39 Å². The fraction of sp³-hybridized carbons (Fsp3) is 0.538. The Morgan fingerprint density at radius 3 is 2.43 bits per heavy atom. The van der Waals surface area contributed by atoms with Gasteiger partial charge in [-0.15, -0.1) is 0 Å². The highest BCUT2D eigenvalue weighted by atomic mass is 32.2.